The molecule has 1 amide bonds. The number of nitrogens with zero attached hydrogens (tertiary/aromatic N) is 1. The number of anilines is 1. The number of nitrogens with one attached hydrogen (secondary N) is 2. The van der Waals surface area contributed by atoms with Gasteiger partial charge in [0.15, 0.2) is 0 Å². The lowest BCUT2D eigenvalue weighted by atomic mass is 10.0. The zero-order valence-electron chi connectivity index (χ0n) is 19.2. The highest BCUT2D eigenvalue weighted by molar-refractivity contribution is 6.33. The molecule has 36 heavy (non-hydrogen) atoms. The van der Waals surface area contributed by atoms with Gasteiger partial charge in [-0.3, -0.25) is 14.6 Å². The van der Waals surface area contributed by atoms with Crippen LogP contribution in [-0.4, -0.2) is 28.5 Å². The summed E-state index contributed by atoms with van der Waals surface area (Å²) in [6.45, 7) is 0.594. The molecule has 0 aliphatic rings. The van der Waals surface area contributed by atoms with E-state index in [9.17, 15) is 9.59 Å². The Balaban J connectivity index is 1.46. The first-order valence-corrected chi connectivity index (χ1v) is 12.0. The molecule has 0 aliphatic carbocycles. The molecule has 0 saturated heterocycles. The predicted octanol–water partition coefficient (Wildman–Crippen LogP) is 6.54. The van der Waals surface area contributed by atoms with Gasteiger partial charge in [0, 0.05) is 46.1 Å². The van der Waals surface area contributed by atoms with Gasteiger partial charge < -0.3 is 15.7 Å². The molecule has 0 fully saturated rings. The molecule has 0 radical (unpaired) electrons. The highest BCUT2D eigenvalue weighted by Gasteiger charge is 2.11. The van der Waals surface area contributed by atoms with Gasteiger partial charge in [-0.1, -0.05) is 65.7 Å². The molecule has 1 heterocycles. The van der Waals surface area contributed by atoms with Crippen molar-refractivity contribution in [2.75, 3.05) is 11.9 Å². The van der Waals surface area contributed by atoms with E-state index in [1.54, 1.807) is 18.3 Å². The fourth-order valence-electron chi connectivity index (χ4n) is 3.69. The van der Waals surface area contributed by atoms with Crippen molar-refractivity contribution in [1.29, 1.82) is 0 Å². The molecule has 1 aromatic heterocycles. The van der Waals surface area contributed by atoms with Gasteiger partial charge in [0.05, 0.1) is 6.42 Å². The van der Waals surface area contributed by atoms with Gasteiger partial charge in [-0.2, -0.15) is 0 Å². The zero-order chi connectivity index (χ0) is 25.5. The summed E-state index contributed by atoms with van der Waals surface area (Å²) in [7, 11) is 0. The highest BCUT2D eigenvalue weighted by Crippen LogP contribution is 2.30. The standard InChI is InChI=1S/C28H23Cl2N3O3/c29-21-9-5-19(16-32-22-10-6-18(7-11-22)23-3-1-2-4-25(23)30)24(15-21)20-8-12-26(33-17-20)28(36)31-14-13-27(34)35/h1-12,15,17,32H,13-14,16H2,(H,31,36)(H,34,35). The number of aromatic nitrogens is 1. The van der Waals surface area contributed by atoms with E-state index < -0.39 is 11.9 Å². The Morgan fingerprint density at radius 2 is 1.61 bits per heavy atom. The largest absolute Gasteiger partial charge is 0.481 e. The Bertz CT molecular complexity index is 1370. The van der Waals surface area contributed by atoms with Crippen LogP contribution in [0.3, 0.4) is 0 Å². The summed E-state index contributed by atoms with van der Waals surface area (Å²) in [5.74, 6) is -1.40. The van der Waals surface area contributed by atoms with Crippen molar-refractivity contribution in [2.24, 2.45) is 0 Å². The normalized spacial score (nSPS) is 10.6. The minimum Gasteiger partial charge on any atom is -0.481 e. The first-order valence-electron chi connectivity index (χ1n) is 11.2. The SMILES string of the molecule is O=C(O)CCNC(=O)c1ccc(-c2cc(Cl)ccc2CNc2ccc(-c3ccccc3Cl)cc2)cn1. The Labute approximate surface area is 218 Å². The van der Waals surface area contributed by atoms with E-state index in [2.05, 4.69) is 15.6 Å². The number of carbonyl (C=O) groups excluding carboxylic acids is 1. The molecule has 0 bridgehead atoms. The summed E-state index contributed by atoms with van der Waals surface area (Å²) in [6.07, 6.45) is 1.46. The quantitative estimate of drug-likeness (QED) is 0.233. The fourth-order valence-corrected chi connectivity index (χ4v) is 4.11. The molecule has 4 rings (SSSR count). The zero-order valence-corrected chi connectivity index (χ0v) is 20.7. The number of hydrogen-bond acceptors (Lipinski definition) is 4. The lowest BCUT2D eigenvalue weighted by Gasteiger charge is -2.13. The third kappa shape index (κ3) is 6.42. The number of pyridine rings is 1. The number of carboxylic acids is 1. The van der Waals surface area contributed by atoms with Crippen LogP contribution in [-0.2, 0) is 11.3 Å². The molecular formula is C28H23Cl2N3O3. The van der Waals surface area contributed by atoms with Gasteiger partial charge >= 0.3 is 5.97 Å². The summed E-state index contributed by atoms with van der Waals surface area (Å²) >= 11 is 12.6. The maximum absolute atomic E-state index is 12.2. The van der Waals surface area contributed by atoms with Crippen LogP contribution in [0.4, 0.5) is 5.69 Å². The van der Waals surface area contributed by atoms with Crippen LogP contribution in [0, 0.1) is 0 Å². The minimum atomic E-state index is -0.975. The molecule has 0 aliphatic heterocycles. The van der Waals surface area contributed by atoms with Crippen molar-refractivity contribution in [3.63, 3.8) is 0 Å². The number of hydrogen-bond donors (Lipinski definition) is 3. The summed E-state index contributed by atoms with van der Waals surface area (Å²) < 4.78 is 0. The van der Waals surface area contributed by atoms with Gasteiger partial charge in [-0.25, -0.2) is 0 Å². The van der Waals surface area contributed by atoms with Crippen molar-refractivity contribution in [3.05, 3.63) is 106 Å². The summed E-state index contributed by atoms with van der Waals surface area (Å²) in [4.78, 5) is 27.1. The third-order valence-electron chi connectivity index (χ3n) is 5.56. The van der Waals surface area contributed by atoms with E-state index in [1.165, 1.54) is 0 Å². The topological polar surface area (TPSA) is 91.3 Å². The number of carboxylic acid groups (broad SMARTS) is 1. The Hall–Kier alpha value is -3.87. The van der Waals surface area contributed by atoms with Gasteiger partial charge in [0.1, 0.15) is 5.69 Å². The van der Waals surface area contributed by atoms with Crippen LogP contribution >= 0.6 is 23.2 Å². The summed E-state index contributed by atoms with van der Waals surface area (Å²) in [5, 5.41) is 16.0. The second kappa shape index (κ2) is 11.7. The van der Waals surface area contributed by atoms with Crippen LogP contribution in [0.1, 0.15) is 22.5 Å². The van der Waals surface area contributed by atoms with Gasteiger partial charge in [-0.05, 0) is 53.1 Å². The maximum Gasteiger partial charge on any atom is 0.305 e. The molecule has 0 unspecified atom stereocenters. The Morgan fingerprint density at radius 1 is 0.861 bits per heavy atom. The number of aliphatic carboxylic acids is 1. The number of amides is 1. The van der Waals surface area contributed by atoms with E-state index in [0.29, 0.717) is 16.6 Å². The molecular weight excluding hydrogens is 497 g/mol. The average Bonchev–Trinajstić information content (AvgIpc) is 2.88. The minimum absolute atomic E-state index is 0.0427. The second-order valence-corrected chi connectivity index (χ2v) is 8.89. The molecule has 3 N–H and O–H groups in total. The molecule has 3 aromatic carbocycles. The molecule has 4 aromatic rings. The fraction of sp³-hybridized carbons (Fsp3) is 0.107. The van der Waals surface area contributed by atoms with E-state index in [-0.39, 0.29) is 18.7 Å². The maximum atomic E-state index is 12.2. The lowest BCUT2D eigenvalue weighted by Crippen LogP contribution is -2.26. The van der Waals surface area contributed by atoms with Crippen LogP contribution < -0.4 is 10.6 Å². The summed E-state index contributed by atoms with van der Waals surface area (Å²) in [6, 6.07) is 24.9. The average molecular weight is 520 g/mol. The monoisotopic (exact) mass is 519 g/mol. The molecule has 0 saturated carbocycles. The second-order valence-electron chi connectivity index (χ2n) is 8.04. The molecule has 8 heteroatoms. The van der Waals surface area contributed by atoms with Gasteiger partial charge in [0.2, 0.25) is 0 Å². The highest BCUT2D eigenvalue weighted by atomic mass is 35.5. The molecule has 6 nitrogen and oxygen atoms in total. The lowest BCUT2D eigenvalue weighted by molar-refractivity contribution is -0.136. The first-order chi connectivity index (χ1) is 17.4. The first kappa shape index (κ1) is 25.2. The molecule has 0 atom stereocenters. The van der Waals surface area contributed by atoms with Crippen LogP contribution in [0.5, 0.6) is 0 Å². The number of benzene rings is 3. The third-order valence-corrected chi connectivity index (χ3v) is 6.12. The van der Waals surface area contributed by atoms with E-state index in [0.717, 1.165) is 33.5 Å². The van der Waals surface area contributed by atoms with Crippen LogP contribution in [0.2, 0.25) is 10.0 Å². The van der Waals surface area contributed by atoms with Gasteiger partial charge in [0.25, 0.3) is 5.91 Å². The van der Waals surface area contributed by atoms with Crippen LogP contribution in [0.15, 0.2) is 85.1 Å². The van der Waals surface area contributed by atoms with E-state index in [4.69, 9.17) is 28.3 Å². The number of halogens is 2. The van der Waals surface area contributed by atoms with Gasteiger partial charge in [-0.15, -0.1) is 0 Å². The smallest absolute Gasteiger partial charge is 0.305 e. The Morgan fingerprint density at radius 3 is 2.31 bits per heavy atom. The van der Waals surface area contributed by atoms with Crippen molar-refractivity contribution >= 4 is 40.8 Å². The van der Waals surface area contributed by atoms with Crippen molar-refractivity contribution < 1.29 is 14.7 Å². The Kier molecular flexibility index (Phi) is 8.21. The number of rotatable bonds is 9. The summed E-state index contributed by atoms with van der Waals surface area (Å²) in [5.41, 5.74) is 5.91. The van der Waals surface area contributed by atoms with Crippen molar-refractivity contribution in [3.8, 4) is 22.3 Å². The van der Waals surface area contributed by atoms with Crippen molar-refractivity contribution in [2.45, 2.75) is 13.0 Å². The van der Waals surface area contributed by atoms with E-state index in [1.807, 2.05) is 66.7 Å². The van der Waals surface area contributed by atoms with E-state index >= 15 is 0 Å². The molecule has 182 valence electrons. The molecule has 0 spiro atoms. The van der Waals surface area contributed by atoms with Crippen molar-refractivity contribution in [1.82, 2.24) is 10.3 Å². The van der Waals surface area contributed by atoms with Crippen LogP contribution in [0.25, 0.3) is 22.3 Å². The number of carbonyl (C=O) groups is 2. The predicted molar refractivity (Wildman–Crippen MR) is 143 cm³/mol.